The van der Waals surface area contributed by atoms with Crippen molar-refractivity contribution >= 4 is 11.9 Å². The highest BCUT2D eigenvalue weighted by molar-refractivity contribution is 5.84. The van der Waals surface area contributed by atoms with Gasteiger partial charge in [-0.15, -0.1) is 0 Å². The van der Waals surface area contributed by atoms with E-state index >= 15 is 0 Å². The van der Waals surface area contributed by atoms with Crippen molar-refractivity contribution in [2.45, 2.75) is 12.5 Å². The molecule has 5 nitrogen and oxygen atoms in total. The molecule has 1 fully saturated rings. The number of nitrogens with two attached hydrogens (primary N) is 1. The van der Waals surface area contributed by atoms with Crippen LogP contribution in [0.3, 0.4) is 0 Å². The molecular formula is C13H16N2O3. The lowest BCUT2D eigenvalue weighted by molar-refractivity contribution is -0.145. The van der Waals surface area contributed by atoms with Crippen LogP contribution in [0.1, 0.15) is 18.0 Å². The van der Waals surface area contributed by atoms with E-state index in [0.29, 0.717) is 13.1 Å². The maximum absolute atomic E-state index is 12.0. The first kappa shape index (κ1) is 12.6. The second-order valence-electron chi connectivity index (χ2n) is 4.60. The highest BCUT2D eigenvalue weighted by Crippen LogP contribution is 2.23. The SMILES string of the molecule is N[C@H](C(=O)N1CC(CC(=O)O)C1)c1ccccc1. The average molecular weight is 248 g/mol. The number of carboxylic acid groups (broad SMARTS) is 1. The predicted molar refractivity (Wildman–Crippen MR) is 65.7 cm³/mol. The minimum Gasteiger partial charge on any atom is -0.481 e. The molecule has 5 heteroatoms. The lowest BCUT2D eigenvalue weighted by Gasteiger charge is -2.39. The van der Waals surface area contributed by atoms with Gasteiger partial charge in [0.25, 0.3) is 0 Å². The van der Waals surface area contributed by atoms with Gasteiger partial charge in [0, 0.05) is 19.0 Å². The zero-order chi connectivity index (χ0) is 13.1. The van der Waals surface area contributed by atoms with Crippen molar-refractivity contribution in [2.24, 2.45) is 11.7 Å². The molecule has 1 heterocycles. The number of carbonyl (C=O) groups is 2. The minimum absolute atomic E-state index is 0.0643. The molecule has 0 aromatic heterocycles. The Kier molecular flexibility index (Phi) is 3.62. The van der Waals surface area contributed by atoms with E-state index in [9.17, 15) is 9.59 Å². The van der Waals surface area contributed by atoms with Gasteiger partial charge in [0.05, 0.1) is 6.42 Å². The third kappa shape index (κ3) is 2.68. The van der Waals surface area contributed by atoms with Crippen LogP contribution in [0.4, 0.5) is 0 Å². The number of amides is 1. The van der Waals surface area contributed by atoms with Crippen LogP contribution in [0.5, 0.6) is 0 Å². The first-order valence-electron chi connectivity index (χ1n) is 5.89. The molecule has 1 aliphatic heterocycles. The molecule has 0 spiro atoms. The number of benzene rings is 1. The summed E-state index contributed by atoms with van der Waals surface area (Å²) in [6, 6.07) is 8.52. The summed E-state index contributed by atoms with van der Waals surface area (Å²) in [5.74, 6) is -0.892. The molecule has 0 aliphatic carbocycles. The highest BCUT2D eigenvalue weighted by Gasteiger charge is 2.34. The molecule has 1 saturated heterocycles. The zero-order valence-corrected chi connectivity index (χ0v) is 9.95. The maximum atomic E-state index is 12.0. The fraction of sp³-hybridized carbons (Fsp3) is 0.385. The van der Waals surface area contributed by atoms with E-state index in [2.05, 4.69) is 0 Å². The van der Waals surface area contributed by atoms with Crippen molar-refractivity contribution in [3.8, 4) is 0 Å². The Bertz CT molecular complexity index is 441. The van der Waals surface area contributed by atoms with Crippen LogP contribution in [0.2, 0.25) is 0 Å². The standard InChI is InChI=1S/C13H16N2O3/c14-12(10-4-2-1-3-5-10)13(18)15-7-9(8-15)6-11(16)17/h1-5,9,12H,6-8,14H2,(H,16,17)/t12-/m0/s1. The summed E-state index contributed by atoms with van der Waals surface area (Å²) in [6.45, 7) is 0.983. The van der Waals surface area contributed by atoms with Gasteiger partial charge in [-0.1, -0.05) is 30.3 Å². The van der Waals surface area contributed by atoms with E-state index in [0.717, 1.165) is 5.56 Å². The number of carbonyl (C=O) groups excluding carboxylic acids is 1. The van der Waals surface area contributed by atoms with Crippen molar-refractivity contribution in [3.63, 3.8) is 0 Å². The first-order chi connectivity index (χ1) is 8.58. The molecule has 0 saturated carbocycles. The van der Waals surface area contributed by atoms with Gasteiger partial charge >= 0.3 is 5.97 Å². The highest BCUT2D eigenvalue weighted by atomic mass is 16.4. The Labute approximate surface area is 105 Å². The van der Waals surface area contributed by atoms with Gasteiger partial charge in [-0.05, 0) is 5.56 Å². The van der Waals surface area contributed by atoms with Crippen LogP contribution in [0.15, 0.2) is 30.3 Å². The molecule has 2 rings (SSSR count). The minimum atomic E-state index is -0.820. The van der Waals surface area contributed by atoms with Gasteiger partial charge in [0.1, 0.15) is 6.04 Å². The Hall–Kier alpha value is -1.88. The first-order valence-corrected chi connectivity index (χ1v) is 5.89. The molecule has 1 aromatic carbocycles. The van der Waals surface area contributed by atoms with Gasteiger partial charge < -0.3 is 15.7 Å². The molecule has 1 atom stereocenters. The summed E-state index contributed by atoms with van der Waals surface area (Å²) in [5.41, 5.74) is 6.67. The third-order valence-corrected chi connectivity index (χ3v) is 3.16. The van der Waals surface area contributed by atoms with Crippen LogP contribution in [0.25, 0.3) is 0 Å². The second-order valence-corrected chi connectivity index (χ2v) is 4.60. The fourth-order valence-corrected chi connectivity index (χ4v) is 2.13. The molecule has 1 aliphatic rings. The third-order valence-electron chi connectivity index (χ3n) is 3.16. The summed E-state index contributed by atoms with van der Waals surface area (Å²) >= 11 is 0. The number of hydrogen-bond acceptors (Lipinski definition) is 3. The van der Waals surface area contributed by atoms with Crippen molar-refractivity contribution in [2.75, 3.05) is 13.1 Å². The predicted octanol–water partition coefficient (Wildman–Crippen LogP) is 0.620. The smallest absolute Gasteiger partial charge is 0.303 e. The Morgan fingerprint density at radius 1 is 1.33 bits per heavy atom. The van der Waals surface area contributed by atoms with Gasteiger partial charge in [0.2, 0.25) is 5.91 Å². The van der Waals surface area contributed by atoms with E-state index in [1.54, 1.807) is 4.90 Å². The summed E-state index contributed by atoms with van der Waals surface area (Å²) in [6.07, 6.45) is 0.115. The molecule has 0 bridgehead atoms. The monoisotopic (exact) mass is 248 g/mol. The second kappa shape index (κ2) is 5.18. The number of carboxylic acids is 1. The van der Waals surface area contributed by atoms with E-state index < -0.39 is 12.0 Å². The van der Waals surface area contributed by atoms with E-state index in [1.165, 1.54) is 0 Å². The number of hydrogen-bond donors (Lipinski definition) is 2. The van der Waals surface area contributed by atoms with Crippen LogP contribution in [-0.2, 0) is 9.59 Å². The van der Waals surface area contributed by atoms with Crippen molar-refractivity contribution < 1.29 is 14.7 Å². The topological polar surface area (TPSA) is 83.6 Å². The van der Waals surface area contributed by atoms with Crippen LogP contribution in [-0.4, -0.2) is 35.0 Å². The number of nitrogens with zero attached hydrogens (tertiary/aromatic N) is 1. The van der Waals surface area contributed by atoms with Crippen LogP contribution >= 0.6 is 0 Å². The largest absolute Gasteiger partial charge is 0.481 e. The molecule has 96 valence electrons. The van der Waals surface area contributed by atoms with Gasteiger partial charge in [0.15, 0.2) is 0 Å². The Balaban J connectivity index is 1.88. The molecule has 3 N–H and O–H groups in total. The molecule has 0 unspecified atom stereocenters. The molecule has 18 heavy (non-hydrogen) atoms. The molecular weight excluding hydrogens is 232 g/mol. The van der Waals surface area contributed by atoms with E-state index in [1.807, 2.05) is 30.3 Å². The van der Waals surface area contributed by atoms with Crippen molar-refractivity contribution in [1.82, 2.24) is 4.90 Å². The van der Waals surface area contributed by atoms with Crippen LogP contribution in [0, 0.1) is 5.92 Å². The maximum Gasteiger partial charge on any atom is 0.303 e. The lowest BCUT2D eigenvalue weighted by Crippen LogP contribution is -2.53. The quantitative estimate of drug-likeness (QED) is 0.818. The Morgan fingerprint density at radius 3 is 2.50 bits per heavy atom. The number of aliphatic carboxylic acids is 1. The fourth-order valence-electron chi connectivity index (χ4n) is 2.13. The molecule has 1 aromatic rings. The summed E-state index contributed by atoms with van der Waals surface area (Å²) in [7, 11) is 0. The van der Waals surface area contributed by atoms with Gasteiger partial charge in [-0.25, -0.2) is 0 Å². The Morgan fingerprint density at radius 2 is 1.94 bits per heavy atom. The summed E-state index contributed by atoms with van der Waals surface area (Å²) in [5, 5.41) is 8.63. The zero-order valence-electron chi connectivity index (χ0n) is 9.95. The number of rotatable bonds is 4. The van der Waals surface area contributed by atoms with Crippen LogP contribution < -0.4 is 5.73 Å². The van der Waals surface area contributed by atoms with E-state index in [-0.39, 0.29) is 18.2 Å². The van der Waals surface area contributed by atoms with Crippen molar-refractivity contribution in [1.29, 1.82) is 0 Å². The van der Waals surface area contributed by atoms with Crippen molar-refractivity contribution in [3.05, 3.63) is 35.9 Å². The lowest BCUT2D eigenvalue weighted by atomic mass is 9.94. The van der Waals surface area contributed by atoms with Gasteiger partial charge in [-0.3, -0.25) is 9.59 Å². The molecule has 0 radical (unpaired) electrons. The van der Waals surface area contributed by atoms with E-state index in [4.69, 9.17) is 10.8 Å². The average Bonchev–Trinajstić information content (AvgIpc) is 2.32. The summed E-state index contributed by atoms with van der Waals surface area (Å²) in [4.78, 5) is 24.1. The van der Waals surface area contributed by atoms with Gasteiger partial charge in [-0.2, -0.15) is 0 Å². The summed E-state index contributed by atoms with van der Waals surface area (Å²) < 4.78 is 0. The normalized spacial score (nSPS) is 17.1. The molecule has 1 amide bonds. The number of likely N-dealkylation sites (tertiary alicyclic amines) is 1.